The summed E-state index contributed by atoms with van der Waals surface area (Å²) in [6.07, 6.45) is 7.26. The van der Waals surface area contributed by atoms with E-state index in [-0.39, 0.29) is 0 Å². The molecule has 1 atom stereocenters. The van der Waals surface area contributed by atoms with Gasteiger partial charge in [0.15, 0.2) is 0 Å². The number of hydrogen-bond donors (Lipinski definition) is 0. The van der Waals surface area contributed by atoms with Gasteiger partial charge in [-0.15, -0.1) is 0 Å². The van der Waals surface area contributed by atoms with Crippen molar-refractivity contribution in [3.05, 3.63) is 34.4 Å². The number of hydrogen-bond acceptors (Lipinski definition) is 0. The van der Waals surface area contributed by atoms with E-state index < -0.39 is 0 Å². The first-order chi connectivity index (χ1) is 5.72. The van der Waals surface area contributed by atoms with Gasteiger partial charge in [0.05, 0.1) is 0 Å². The molecule has 64 valence electrons. The standard InChI is InChI=1S/C12H16/c1-4-10-5-9-6-11(8(2)3)12(10)7-9/h4,6,12H,5,7H2,1-3H3. The van der Waals surface area contributed by atoms with Gasteiger partial charge < -0.3 is 0 Å². The maximum atomic E-state index is 2.41. The van der Waals surface area contributed by atoms with Gasteiger partial charge in [0.1, 0.15) is 0 Å². The summed E-state index contributed by atoms with van der Waals surface area (Å²) in [6, 6.07) is 0. The number of rotatable bonds is 0. The van der Waals surface area contributed by atoms with Crippen LogP contribution in [0.15, 0.2) is 34.4 Å². The van der Waals surface area contributed by atoms with Crippen molar-refractivity contribution in [3.63, 3.8) is 0 Å². The molecule has 0 aromatic rings. The summed E-state index contributed by atoms with van der Waals surface area (Å²) in [7, 11) is 0. The highest BCUT2D eigenvalue weighted by atomic mass is 14.4. The molecule has 1 fully saturated rings. The molecule has 1 unspecified atom stereocenters. The van der Waals surface area contributed by atoms with Crippen molar-refractivity contribution in [3.8, 4) is 0 Å². The van der Waals surface area contributed by atoms with Crippen LogP contribution in [0.1, 0.15) is 33.6 Å². The second-order valence-electron chi connectivity index (χ2n) is 4.06. The van der Waals surface area contributed by atoms with E-state index in [0.29, 0.717) is 0 Å². The van der Waals surface area contributed by atoms with Crippen molar-refractivity contribution < 1.29 is 0 Å². The molecule has 0 radical (unpaired) electrons. The van der Waals surface area contributed by atoms with E-state index in [1.165, 1.54) is 18.4 Å². The molecule has 0 aromatic carbocycles. The summed E-state index contributed by atoms with van der Waals surface area (Å²) in [5, 5.41) is 0. The van der Waals surface area contributed by atoms with Crippen molar-refractivity contribution in [1.82, 2.24) is 0 Å². The molecule has 1 saturated carbocycles. The maximum Gasteiger partial charge on any atom is 0.00879 e. The van der Waals surface area contributed by atoms with E-state index in [9.17, 15) is 0 Å². The van der Waals surface area contributed by atoms with Gasteiger partial charge in [0.25, 0.3) is 0 Å². The summed E-state index contributed by atoms with van der Waals surface area (Å²) in [4.78, 5) is 0. The van der Waals surface area contributed by atoms with E-state index >= 15 is 0 Å². The fraction of sp³-hybridized carbons (Fsp3) is 0.500. The fourth-order valence-corrected chi connectivity index (χ4v) is 2.39. The topological polar surface area (TPSA) is 0 Å². The highest BCUT2D eigenvalue weighted by Gasteiger charge is 2.32. The lowest BCUT2D eigenvalue weighted by molar-refractivity contribution is 0.802. The monoisotopic (exact) mass is 160 g/mol. The second kappa shape index (κ2) is 2.62. The van der Waals surface area contributed by atoms with Crippen LogP contribution in [0.2, 0.25) is 0 Å². The predicted molar refractivity (Wildman–Crippen MR) is 52.9 cm³/mol. The van der Waals surface area contributed by atoms with Crippen LogP contribution in [0.4, 0.5) is 0 Å². The van der Waals surface area contributed by atoms with Crippen LogP contribution in [-0.4, -0.2) is 0 Å². The lowest BCUT2D eigenvalue weighted by atomic mass is 9.91. The number of allylic oxidation sites excluding steroid dienone is 6. The normalized spacial score (nSPS) is 29.9. The zero-order valence-electron chi connectivity index (χ0n) is 8.15. The van der Waals surface area contributed by atoms with Crippen LogP contribution in [0.3, 0.4) is 0 Å². The van der Waals surface area contributed by atoms with Crippen LogP contribution < -0.4 is 0 Å². The third-order valence-corrected chi connectivity index (χ3v) is 3.03. The van der Waals surface area contributed by atoms with Gasteiger partial charge in [0, 0.05) is 5.92 Å². The van der Waals surface area contributed by atoms with E-state index in [2.05, 4.69) is 32.9 Å². The van der Waals surface area contributed by atoms with E-state index in [1.807, 2.05) is 0 Å². The quantitative estimate of drug-likeness (QED) is 0.475. The van der Waals surface area contributed by atoms with Crippen molar-refractivity contribution >= 4 is 0 Å². The van der Waals surface area contributed by atoms with Crippen molar-refractivity contribution in [2.45, 2.75) is 33.6 Å². The van der Waals surface area contributed by atoms with Crippen LogP contribution >= 0.6 is 0 Å². The molecule has 0 heterocycles. The average molecular weight is 160 g/mol. The van der Waals surface area contributed by atoms with Gasteiger partial charge in [-0.1, -0.05) is 28.9 Å². The van der Waals surface area contributed by atoms with Gasteiger partial charge in [-0.05, 0) is 39.2 Å². The maximum absolute atomic E-state index is 2.41. The Labute approximate surface area is 74.7 Å². The van der Waals surface area contributed by atoms with Gasteiger partial charge >= 0.3 is 0 Å². The highest BCUT2D eigenvalue weighted by Crippen LogP contribution is 2.47. The third kappa shape index (κ3) is 0.979. The molecule has 0 saturated heterocycles. The van der Waals surface area contributed by atoms with Gasteiger partial charge in [-0.25, -0.2) is 0 Å². The van der Waals surface area contributed by atoms with Crippen molar-refractivity contribution in [2.75, 3.05) is 0 Å². The predicted octanol–water partition coefficient (Wildman–Crippen LogP) is 3.62. The van der Waals surface area contributed by atoms with Gasteiger partial charge in [-0.3, -0.25) is 0 Å². The zero-order valence-corrected chi connectivity index (χ0v) is 8.15. The molecular weight excluding hydrogens is 144 g/mol. The van der Waals surface area contributed by atoms with E-state index in [0.717, 1.165) is 5.92 Å². The summed E-state index contributed by atoms with van der Waals surface area (Å²) >= 11 is 0. The minimum Gasteiger partial charge on any atom is -0.0875 e. The largest absolute Gasteiger partial charge is 0.0875 e. The fourth-order valence-electron chi connectivity index (χ4n) is 2.39. The average Bonchev–Trinajstić information content (AvgIpc) is 2.60. The van der Waals surface area contributed by atoms with Gasteiger partial charge in [-0.2, -0.15) is 0 Å². The molecule has 0 spiro atoms. The highest BCUT2D eigenvalue weighted by molar-refractivity contribution is 5.49. The molecule has 0 nitrogen and oxygen atoms in total. The lowest BCUT2D eigenvalue weighted by Crippen LogP contribution is -1.99. The Hall–Kier alpha value is -0.780. The lowest BCUT2D eigenvalue weighted by Gasteiger charge is -2.14. The van der Waals surface area contributed by atoms with Crippen molar-refractivity contribution in [2.24, 2.45) is 5.92 Å². The Morgan fingerprint density at radius 3 is 2.75 bits per heavy atom. The molecule has 2 bridgehead atoms. The van der Waals surface area contributed by atoms with Crippen molar-refractivity contribution in [1.29, 1.82) is 0 Å². The van der Waals surface area contributed by atoms with Crippen LogP contribution in [0.25, 0.3) is 0 Å². The molecule has 2 aliphatic rings. The minimum absolute atomic E-state index is 0.759. The van der Waals surface area contributed by atoms with Crippen LogP contribution in [0.5, 0.6) is 0 Å². The molecule has 2 rings (SSSR count). The minimum atomic E-state index is 0.759. The molecule has 0 amide bonds. The van der Waals surface area contributed by atoms with Crippen LogP contribution in [-0.2, 0) is 0 Å². The first-order valence-corrected chi connectivity index (χ1v) is 4.74. The Bertz CT molecular complexity index is 296. The third-order valence-electron chi connectivity index (χ3n) is 3.03. The van der Waals surface area contributed by atoms with E-state index in [1.54, 1.807) is 16.7 Å². The molecular formula is C12H16. The Kier molecular flexibility index (Phi) is 1.71. The smallest absolute Gasteiger partial charge is 0.00879 e. The summed E-state index contributed by atoms with van der Waals surface area (Å²) in [6.45, 7) is 6.61. The first-order valence-electron chi connectivity index (χ1n) is 4.74. The molecule has 12 heavy (non-hydrogen) atoms. The molecule has 0 aromatic heterocycles. The summed E-state index contributed by atoms with van der Waals surface area (Å²) in [5.41, 5.74) is 6.37. The Morgan fingerprint density at radius 2 is 2.25 bits per heavy atom. The second-order valence-corrected chi connectivity index (χ2v) is 4.06. The molecule has 0 heteroatoms. The number of fused-ring (bicyclic) bond motifs is 2. The zero-order chi connectivity index (χ0) is 8.72. The summed E-state index contributed by atoms with van der Waals surface area (Å²) in [5.74, 6) is 0.759. The Balaban J connectivity index is 2.43. The Morgan fingerprint density at radius 1 is 1.50 bits per heavy atom. The summed E-state index contributed by atoms with van der Waals surface area (Å²) < 4.78 is 0. The SMILES string of the molecule is CC=C1CC2=CC(=C(C)C)C1C2. The van der Waals surface area contributed by atoms with E-state index in [4.69, 9.17) is 0 Å². The van der Waals surface area contributed by atoms with Gasteiger partial charge in [0.2, 0.25) is 0 Å². The molecule has 0 N–H and O–H groups in total. The molecule has 0 aliphatic heterocycles. The van der Waals surface area contributed by atoms with Crippen LogP contribution in [0, 0.1) is 5.92 Å². The molecule has 2 aliphatic carbocycles. The first kappa shape index (κ1) is 7.85.